The second-order valence-corrected chi connectivity index (χ2v) is 5.95. The summed E-state index contributed by atoms with van der Waals surface area (Å²) < 4.78 is 13.4. The van der Waals surface area contributed by atoms with E-state index in [1.165, 1.54) is 9.75 Å². The summed E-state index contributed by atoms with van der Waals surface area (Å²) in [5, 5.41) is 3.42. The minimum atomic E-state index is -0.131. The molecule has 3 heteroatoms. The predicted octanol–water partition coefficient (Wildman–Crippen LogP) is 4.35. The van der Waals surface area contributed by atoms with Crippen LogP contribution in [-0.4, -0.2) is 0 Å². The number of aryl methyl sites for hydroxylation is 2. The molecule has 1 atom stereocenters. The van der Waals surface area contributed by atoms with Crippen molar-refractivity contribution in [3.05, 3.63) is 57.0 Å². The lowest BCUT2D eigenvalue weighted by Gasteiger charge is -2.12. The Kier molecular flexibility index (Phi) is 4.15. The summed E-state index contributed by atoms with van der Waals surface area (Å²) in [5.74, 6) is -0.131. The summed E-state index contributed by atoms with van der Waals surface area (Å²) in [6.07, 6.45) is 0. The second-order valence-electron chi connectivity index (χ2n) is 4.63. The van der Waals surface area contributed by atoms with Crippen molar-refractivity contribution < 1.29 is 4.39 Å². The van der Waals surface area contributed by atoms with E-state index in [-0.39, 0.29) is 5.82 Å². The molecule has 1 N–H and O–H groups in total. The van der Waals surface area contributed by atoms with Crippen LogP contribution < -0.4 is 5.32 Å². The topological polar surface area (TPSA) is 12.0 Å². The highest BCUT2D eigenvalue weighted by atomic mass is 32.1. The minimum absolute atomic E-state index is 0.131. The third-order valence-corrected chi connectivity index (χ3v) is 4.22. The third-order valence-electron chi connectivity index (χ3n) is 3.04. The molecule has 0 aliphatic carbocycles. The molecule has 0 bridgehead atoms. The zero-order valence-electron chi connectivity index (χ0n) is 11.0. The number of benzene rings is 1. The van der Waals surface area contributed by atoms with Crippen LogP contribution in [0.25, 0.3) is 0 Å². The molecular weight excluding hydrogens is 245 g/mol. The van der Waals surface area contributed by atoms with Gasteiger partial charge in [0.1, 0.15) is 5.82 Å². The van der Waals surface area contributed by atoms with Crippen molar-refractivity contribution >= 4 is 11.3 Å². The summed E-state index contributed by atoms with van der Waals surface area (Å²) >= 11 is 1.80. The maximum atomic E-state index is 13.4. The maximum Gasteiger partial charge on any atom is 0.126 e. The van der Waals surface area contributed by atoms with Crippen LogP contribution in [0.5, 0.6) is 0 Å². The predicted molar refractivity (Wildman–Crippen MR) is 75.4 cm³/mol. The molecule has 1 unspecified atom stereocenters. The molecule has 18 heavy (non-hydrogen) atoms. The summed E-state index contributed by atoms with van der Waals surface area (Å²) in [6, 6.07) is 9.98. The number of halogens is 1. The van der Waals surface area contributed by atoms with E-state index in [2.05, 4.69) is 31.3 Å². The molecule has 1 aromatic heterocycles. The third kappa shape index (κ3) is 3.18. The highest BCUT2D eigenvalue weighted by Gasteiger charge is 2.07. The van der Waals surface area contributed by atoms with E-state index in [1.54, 1.807) is 24.3 Å². The van der Waals surface area contributed by atoms with Crippen LogP contribution in [0, 0.1) is 19.7 Å². The Morgan fingerprint density at radius 3 is 2.61 bits per heavy atom. The molecule has 0 saturated heterocycles. The maximum absolute atomic E-state index is 13.4. The molecule has 0 aliphatic rings. The Hall–Kier alpha value is -1.19. The van der Waals surface area contributed by atoms with Crippen molar-refractivity contribution in [3.8, 4) is 0 Å². The normalized spacial score (nSPS) is 12.7. The van der Waals surface area contributed by atoms with Crippen LogP contribution in [0.2, 0.25) is 0 Å². The van der Waals surface area contributed by atoms with Crippen molar-refractivity contribution in [3.63, 3.8) is 0 Å². The molecule has 2 aromatic rings. The van der Waals surface area contributed by atoms with Gasteiger partial charge in [0.05, 0.1) is 0 Å². The quantitative estimate of drug-likeness (QED) is 0.864. The van der Waals surface area contributed by atoms with Gasteiger partial charge in [-0.25, -0.2) is 4.39 Å². The molecule has 2 rings (SSSR count). The highest BCUT2D eigenvalue weighted by molar-refractivity contribution is 7.12. The van der Waals surface area contributed by atoms with Crippen LogP contribution in [0.15, 0.2) is 30.3 Å². The number of hydrogen-bond donors (Lipinski definition) is 1. The van der Waals surface area contributed by atoms with Gasteiger partial charge in [-0.1, -0.05) is 12.1 Å². The molecule has 96 valence electrons. The van der Waals surface area contributed by atoms with E-state index >= 15 is 0 Å². The highest BCUT2D eigenvalue weighted by Crippen LogP contribution is 2.22. The fourth-order valence-corrected chi connectivity index (χ4v) is 2.71. The molecule has 0 fully saturated rings. The van der Waals surface area contributed by atoms with E-state index in [0.717, 1.165) is 5.56 Å². The lowest BCUT2D eigenvalue weighted by molar-refractivity contribution is 0.575. The molecule has 0 saturated carbocycles. The largest absolute Gasteiger partial charge is 0.305 e. The van der Waals surface area contributed by atoms with Gasteiger partial charge in [-0.3, -0.25) is 0 Å². The van der Waals surface area contributed by atoms with Gasteiger partial charge in [-0.05, 0) is 50.1 Å². The number of rotatable bonds is 4. The van der Waals surface area contributed by atoms with Gasteiger partial charge in [0.15, 0.2) is 0 Å². The Morgan fingerprint density at radius 1 is 1.22 bits per heavy atom. The summed E-state index contributed by atoms with van der Waals surface area (Å²) in [4.78, 5) is 2.64. The van der Waals surface area contributed by atoms with Gasteiger partial charge >= 0.3 is 0 Å². The fraction of sp³-hybridized carbons (Fsp3) is 0.333. The lowest BCUT2D eigenvalue weighted by Crippen LogP contribution is -2.17. The monoisotopic (exact) mass is 263 g/mol. The molecule has 0 amide bonds. The molecular formula is C15H18FNS. The second kappa shape index (κ2) is 5.63. The zero-order valence-corrected chi connectivity index (χ0v) is 11.8. The van der Waals surface area contributed by atoms with Gasteiger partial charge in [0, 0.05) is 22.3 Å². The Bertz CT molecular complexity index is 533. The average molecular weight is 263 g/mol. The lowest BCUT2D eigenvalue weighted by atomic mass is 10.1. The molecule has 0 spiro atoms. The number of nitrogens with one attached hydrogen (secondary N) is 1. The summed E-state index contributed by atoms with van der Waals surface area (Å²) in [7, 11) is 0. The Morgan fingerprint density at radius 2 is 2.00 bits per heavy atom. The molecule has 0 radical (unpaired) electrons. The van der Waals surface area contributed by atoms with E-state index in [1.807, 2.05) is 12.1 Å². The Labute approximate surface area is 112 Å². The van der Waals surface area contributed by atoms with Crippen molar-refractivity contribution in [1.29, 1.82) is 0 Å². The van der Waals surface area contributed by atoms with E-state index in [4.69, 9.17) is 0 Å². The minimum Gasteiger partial charge on any atom is -0.305 e. The van der Waals surface area contributed by atoms with Crippen LogP contribution in [0.1, 0.15) is 33.8 Å². The summed E-state index contributed by atoms with van der Waals surface area (Å²) in [6.45, 7) is 6.71. The first kappa shape index (κ1) is 13.2. The first-order valence-electron chi connectivity index (χ1n) is 6.11. The molecule has 1 heterocycles. The SMILES string of the molecule is Cc1ccc(C(C)NCc2ccc(C)c(F)c2)s1. The van der Waals surface area contributed by atoms with Crippen LogP contribution in [-0.2, 0) is 6.54 Å². The van der Waals surface area contributed by atoms with Crippen molar-refractivity contribution in [2.75, 3.05) is 0 Å². The van der Waals surface area contributed by atoms with Gasteiger partial charge in [-0.15, -0.1) is 11.3 Å². The van der Waals surface area contributed by atoms with E-state index in [0.29, 0.717) is 18.2 Å². The van der Waals surface area contributed by atoms with Gasteiger partial charge in [0.2, 0.25) is 0 Å². The van der Waals surface area contributed by atoms with Crippen molar-refractivity contribution in [1.82, 2.24) is 5.32 Å². The molecule has 1 nitrogen and oxygen atoms in total. The van der Waals surface area contributed by atoms with E-state index < -0.39 is 0 Å². The number of thiophene rings is 1. The fourth-order valence-electron chi connectivity index (χ4n) is 1.80. The first-order valence-corrected chi connectivity index (χ1v) is 6.92. The standard InChI is InChI=1S/C15H18FNS/c1-10-4-6-13(8-14(10)16)9-17-12(3)15-7-5-11(2)18-15/h4-8,12,17H,9H2,1-3H3. The number of hydrogen-bond acceptors (Lipinski definition) is 2. The average Bonchev–Trinajstić information content (AvgIpc) is 2.77. The van der Waals surface area contributed by atoms with Crippen LogP contribution >= 0.6 is 11.3 Å². The molecule has 0 aliphatic heterocycles. The summed E-state index contributed by atoms with van der Waals surface area (Å²) in [5.41, 5.74) is 1.68. The zero-order chi connectivity index (χ0) is 13.1. The smallest absolute Gasteiger partial charge is 0.126 e. The van der Waals surface area contributed by atoms with E-state index in [9.17, 15) is 4.39 Å². The van der Waals surface area contributed by atoms with Crippen molar-refractivity contribution in [2.45, 2.75) is 33.4 Å². The van der Waals surface area contributed by atoms with Gasteiger partial charge < -0.3 is 5.32 Å². The van der Waals surface area contributed by atoms with Crippen LogP contribution in [0.4, 0.5) is 4.39 Å². The van der Waals surface area contributed by atoms with Crippen molar-refractivity contribution in [2.24, 2.45) is 0 Å². The van der Waals surface area contributed by atoms with Crippen LogP contribution in [0.3, 0.4) is 0 Å². The van der Waals surface area contributed by atoms with Gasteiger partial charge in [-0.2, -0.15) is 0 Å². The van der Waals surface area contributed by atoms with Gasteiger partial charge in [0.25, 0.3) is 0 Å². The first-order chi connectivity index (χ1) is 8.56. The Balaban J connectivity index is 1.97. The molecule has 1 aromatic carbocycles.